The second-order valence-corrected chi connectivity index (χ2v) is 4.39. The van der Waals surface area contributed by atoms with Gasteiger partial charge in [0.05, 0.1) is 11.6 Å². The fourth-order valence-electron chi connectivity index (χ4n) is 1.92. The van der Waals surface area contributed by atoms with Crippen molar-refractivity contribution >= 4 is 17.7 Å². The second kappa shape index (κ2) is 4.55. The molecule has 1 aromatic carbocycles. The Kier molecular flexibility index (Phi) is 2.89. The van der Waals surface area contributed by atoms with Gasteiger partial charge in [-0.3, -0.25) is 5.43 Å². The average molecular weight is 271 g/mol. The van der Waals surface area contributed by atoms with Crippen molar-refractivity contribution in [2.75, 3.05) is 19.9 Å². The third-order valence-corrected chi connectivity index (χ3v) is 2.98. The Morgan fingerprint density at radius 3 is 3.06 bits per heavy atom. The maximum absolute atomic E-state index is 11.1. The van der Waals surface area contributed by atoms with E-state index in [0.717, 1.165) is 5.56 Å². The van der Waals surface area contributed by atoms with Gasteiger partial charge in [-0.1, -0.05) is 11.6 Å². The number of amides is 1. The average Bonchev–Trinajstić information content (AvgIpc) is 2.77. The summed E-state index contributed by atoms with van der Waals surface area (Å²) in [7, 11) is 0. The second-order valence-electron chi connectivity index (χ2n) is 3.98. The molecule has 2 aliphatic heterocycles. The monoisotopic (exact) mass is 270 g/mol. The summed E-state index contributed by atoms with van der Waals surface area (Å²) in [6.45, 7) is 1.72. The normalized spacial score (nSPS) is 18.4. The topological polar surface area (TPSA) is 60.0 Å². The lowest BCUT2D eigenvalue weighted by molar-refractivity contribution is 0.0474. The number of nitrogens with zero attached hydrogens (tertiary/aromatic N) is 1. The molecule has 0 spiro atoms. The fraction of sp³-hybridized carbons (Fsp3) is 0.364. The first-order valence-corrected chi connectivity index (χ1v) is 5.86. The maximum atomic E-state index is 11.1. The molecule has 96 valence electrons. The summed E-state index contributed by atoms with van der Waals surface area (Å²) in [6.07, 6.45) is -0.437. The molecule has 1 saturated heterocycles. The van der Waals surface area contributed by atoms with Gasteiger partial charge in [0.15, 0.2) is 11.5 Å². The van der Waals surface area contributed by atoms with Gasteiger partial charge < -0.3 is 14.2 Å². The molecule has 0 aliphatic carbocycles. The molecule has 0 saturated carbocycles. The number of fused-ring (bicyclic) bond motifs is 1. The Morgan fingerprint density at radius 2 is 2.22 bits per heavy atom. The lowest BCUT2D eigenvalue weighted by Gasteiger charge is -2.27. The molecule has 0 unspecified atom stereocenters. The van der Waals surface area contributed by atoms with Crippen LogP contribution >= 0.6 is 11.6 Å². The zero-order valence-corrected chi connectivity index (χ0v) is 10.2. The Balaban J connectivity index is 1.77. The van der Waals surface area contributed by atoms with Crippen LogP contribution in [-0.2, 0) is 11.3 Å². The van der Waals surface area contributed by atoms with Crippen molar-refractivity contribution < 1.29 is 19.0 Å². The lowest BCUT2D eigenvalue weighted by Crippen LogP contribution is -2.48. The first kappa shape index (κ1) is 11.4. The Hall–Kier alpha value is -1.66. The van der Waals surface area contributed by atoms with E-state index in [1.807, 2.05) is 6.07 Å². The SMILES string of the molecule is O=C1NN(Cc2cc(Cl)c3c(c2)OCO3)CCO1. The van der Waals surface area contributed by atoms with Gasteiger partial charge in [-0.25, -0.2) is 9.80 Å². The van der Waals surface area contributed by atoms with Gasteiger partial charge in [0.1, 0.15) is 6.61 Å². The molecule has 7 heteroatoms. The summed E-state index contributed by atoms with van der Waals surface area (Å²) in [5, 5.41) is 2.28. The zero-order chi connectivity index (χ0) is 12.5. The van der Waals surface area contributed by atoms with Crippen molar-refractivity contribution in [2.45, 2.75) is 6.54 Å². The van der Waals surface area contributed by atoms with Crippen molar-refractivity contribution in [3.05, 3.63) is 22.7 Å². The first-order chi connectivity index (χ1) is 8.72. The van der Waals surface area contributed by atoms with E-state index in [-0.39, 0.29) is 6.79 Å². The van der Waals surface area contributed by atoms with Crippen molar-refractivity contribution in [3.8, 4) is 11.5 Å². The fourth-order valence-corrected chi connectivity index (χ4v) is 2.20. The predicted molar refractivity (Wildman–Crippen MR) is 62.5 cm³/mol. The molecule has 0 aromatic heterocycles. The van der Waals surface area contributed by atoms with E-state index in [1.165, 1.54) is 0 Å². The van der Waals surface area contributed by atoms with E-state index in [0.29, 0.717) is 36.2 Å². The molecule has 1 fully saturated rings. The highest BCUT2D eigenvalue weighted by Crippen LogP contribution is 2.39. The quantitative estimate of drug-likeness (QED) is 0.883. The summed E-state index contributed by atoms with van der Waals surface area (Å²) in [5.41, 5.74) is 3.55. The molecule has 3 rings (SSSR count). The summed E-state index contributed by atoms with van der Waals surface area (Å²) in [5.74, 6) is 1.21. The van der Waals surface area contributed by atoms with Gasteiger partial charge in [-0.2, -0.15) is 0 Å². The van der Waals surface area contributed by atoms with E-state index < -0.39 is 6.09 Å². The van der Waals surface area contributed by atoms with E-state index in [9.17, 15) is 4.79 Å². The zero-order valence-electron chi connectivity index (χ0n) is 9.44. The molecule has 6 nitrogen and oxygen atoms in total. The number of benzene rings is 1. The molecular formula is C11H11ClN2O4. The van der Waals surface area contributed by atoms with Crippen molar-refractivity contribution in [3.63, 3.8) is 0 Å². The van der Waals surface area contributed by atoms with Crippen LogP contribution in [-0.4, -0.2) is 31.0 Å². The van der Waals surface area contributed by atoms with Crippen LogP contribution in [0.25, 0.3) is 0 Å². The number of halogens is 1. The van der Waals surface area contributed by atoms with Crippen LogP contribution in [0.5, 0.6) is 11.5 Å². The van der Waals surface area contributed by atoms with Gasteiger partial charge >= 0.3 is 6.09 Å². The number of hydrogen-bond acceptors (Lipinski definition) is 5. The van der Waals surface area contributed by atoms with Crippen molar-refractivity contribution in [1.29, 1.82) is 0 Å². The van der Waals surface area contributed by atoms with Gasteiger partial charge in [0, 0.05) is 6.54 Å². The first-order valence-electron chi connectivity index (χ1n) is 5.49. The summed E-state index contributed by atoms with van der Waals surface area (Å²) in [4.78, 5) is 11.1. The molecule has 0 bridgehead atoms. The minimum absolute atomic E-state index is 0.187. The maximum Gasteiger partial charge on any atom is 0.421 e. The van der Waals surface area contributed by atoms with Crippen LogP contribution < -0.4 is 14.9 Å². The molecule has 0 atom stereocenters. The van der Waals surface area contributed by atoms with Crippen LogP contribution in [0.2, 0.25) is 5.02 Å². The minimum Gasteiger partial charge on any atom is -0.454 e. The summed E-state index contributed by atoms with van der Waals surface area (Å²) in [6, 6.07) is 3.66. The smallest absolute Gasteiger partial charge is 0.421 e. The third kappa shape index (κ3) is 2.16. The third-order valence-electron chi connectivity index (χ3n) is 2.70. The number of rotatable bonds is 2. The van der Waals surface area contributed by atoms with E-state index in [1.54, 1.807) is 11.1 Å². The Bertz CT molecular complexity index is 494. The molecule has 1 amide bonds. The molecule has 2 heterocycles. The number of hydrazine groups is 1. The number of cyclic esters (lactones) is 1. The van der Waals surface area contributed by atoms with E-state index in [2.05, 4.69) is 5.43 Å². The van der Waals surface area contributed by atoms with Crippen LogP contribution in [0.15, 0.2) is 12.1 Å². The number of carbonyl (C=O) groups is 1. The number of nitrogens with one attached hydrogen (secondary N) is 1. The van der Waals surface area contributed by atoms with Crippen LogP contribution in [0, 0.1) is 0 Å². The highest BCUT2D eigenvalue weighted by molar-refractivity contribution is 6.32. The van der Waals surface area contributed by atoms with Crippen LogP contribution in [0.1, 0.15) is 5.56 Å². The largest absolute Gasteiger partial charge is 0.454 e. The van der Waals surface area contributed by atoms with Crippen molar-refractivity contribution in [2.24, 2.45) is 0 Å². The number of carbonyl (C=O) groups excluding carboxylic acids is 1. The number of ether oxygens (including phenoxy) is 3. The van der Waals surface area contributed by atoms with Gasteiger partial charge in [-0.15, -0.1) is 0 Å². The molecule has 0 radical (unpaired) electrons. The van der Waals surface area contributed by atoms with Crippen molar-refractivity contribution in [1.82, 2.24) is 10.4 Å². The molecule has 2 aliphatic rings. The van der Waals surface area contributed by atoms with E-state index >= 15 is 0 Å². The number of hydrogen-bond donors (Lipinski definition) is 1. The highest BCUT2D eigenvalue weighted by atomic mass is 35.5. The Labute approximate surface area is 108 Å². The minimum atomic E-state index is -0.437. The molecule has 1 aromatic rings. The predicted octanol–water partition coefficient (Wildman–Crippen LogP) is 1.53. The van der Waals surface area contributed by atoms with Crippen LogP contribution in [0.3, 0.4) is 0 Å². The molecule has 18 heavy (non-hydrogen) atoms. The van der Waals surface area contributed by atoms with Gasteiger partial charge in [0.25, 0.3) is 0 Å². The van der Waals surface area contributed by atoms with Gasteiger partial charge in [0.2, 0.25) is 6.79 Å². The Morgan fingerprint density at radius 1 is 1.33 bits per heavy atom. The lowest BCUT2D eigenvalue weighted by atomic mass is 10.2. The highest BCUT2D eigenvalue weighted by Gasteiger charge is 2.21. The summed E-state index contributed by atoms with van der Waals surface area (Å²) < 4.78 is 15.3. The molecule has 1 N–H and O–H groups in total. The molecular weight excluding hydrogens is 260 g/mol. The van der Waals surface area contributed by atoms with E-state index in [4.69, 9.17) is 25.8 Å². The van der Waals surface area contributed by atoms with Crippen LogP contribution in [0.4, 0.5) is 4.79 Å². The standard InChI is InChI=1S/C11H11ClN2O4/c12-8-3-7(4-9-10(8)18-6-17-9)5-14-1-2-16-11(15)13-14/h3-4H,1-2,5-6H2,(H,13,15). The van der Waals surface area contributed by atoms with Gasteiger partial charge in [-0.05, 0) is 17.7 Å². The summed E-state index contributed by atoms with van der Waals surface area (Å²) >= 11 is 6.09.